The first kappa shape index (κ1) is 11.1. The second-order valence-electron chi connectivity index (χ2n) is 3.58. The Labute approximate surface area is 86.0 Å². The van der Waals surface area contributed by atoms with Crippen molar-refractivity contribution in [3.8, 4) is 0 Å². The van der Waals surface area contributed by atoms with Crippen LogP contribution in [0.15, 0.2) is 28.9 Å². The Morgan fingerprint density at radius 1 is 1.64 bits per heavy atom. The third-order valence-electron chi connectivity index (χ3n) is 2.62. The number of rotatable bonds is 5. The normalized spacial score (nSPS) is 12.8. The maximum Gasteiger partial charge on any atom is 0.105 e. The molecule has 0 radical (unpaired) electrons. The van der Waals surface area contributed by atoms with Crippen LogP contribution in [0.25, 0.3) is 0 Å². The summed E-state index contributed by atoms with van der Waals surface area (Å²) in [6.45, 7) is 8.16. The summed E-state index contributed by atoms with van der Waals surface area (Å²) in [4.78, 5) is 0. The molecule has 0 spiro atoms. The SMILES string of the molecule is C=C(CC)CC(NC)c1ccoc1C. The van der Waals surface area contributed by atoms with Crippen LogP contribution >= 0.6 is 0 Å². The zero-order valence-corrected chi connectivity index (χ0v) is 9.26. The molecule has 0 saturated carbocycles. The van der Waals surface area contributed by atoms with E-state index in [2.05, 4.69) is 18.8 Å². The predicted octanol–water partition coefficient (Wildman–Crippen LogP) is 3.20. The van der Waals surface area contributed by atoms with Crippen molar-refractivity contribution in [3.63, 3.8) is 0 Å². The van der Waals surface area contributed by atoms with Gasteiger partial charge in [0.1, 0.15) is 5.76 Å². The fraction of sp³-hybridized carbons (Fsp3) is 0.500. The highest BCUT2D eigenvalue weighted by atomic mass is 16.3. The van der Waals surface area contributed by atoms with Crippen molar-refractivity contribution >= 4 is 0 Å². The summed E-state index contributed by atoms with van der Waals surface area (Å²) in [7, 11) is 1.97. The first-order valence-electron chi connectivity index (χ1n) is 5.07. The standard InChI is InChI=1S/C12H19NO/c1-5-9(2)8-12(13-4)11-6-7-14-10(11)3/h6-7,12-13H,2,5,8H2,1,3-4H3. The molecule has 0 aromatic carbocycles. The number of furan rings is 1. The maximum atomic E-state index is 5.29. The van der Waals surface area contributed by atoms with Gasteiger partial charge in [0.2, 0.25) is 0 Å². The number of hydrogen-bond donors (Lipinski definition) is 1. The number of aryl methyl sites for hydroxylation is 1. The van der Waals surface area contributed by atoms with Crippen molar-refractivity contribution in [2.24, 2.45) is 0 Å². The van der Waals surface area contributed by atoms with E-state index in [1.165, 1.54) is 11.1 Å². The molecule has 0 fully saturated rings. The number of hydrogen-bond acceptors (Lipinski definition) is 2. The van der Waals surface area contributed by atoms with Crippen LogP contribution in [0.1, 0.15) is 37.1 Å². The Balaban J connectivity index is 2.72. The van der Waals surface area contributed by atoms with Crippen LogP contribution in [-0.4, -0.2) is 7.05 Å². The van der Waals surface area contributed by atoms with Gasteiger partial charge in [0.15, 0.2) is 0 Å². The molecule has 0 saturated heterocycles. The minimum Gasteiger partial charge on any atom is -0.469 e. The Hall–Kier alpha value is -1.02. The molecule has 0 bridgehead atoms. The van der Waals surface area contributed by atoms with E-state index in [1.54, 1.807) is 6.26 Å². The first-order valence-corrected chi connectivity index (χ1v) is 5.07. The summed E-state index contributed by atoms with van der Waals surface area (Å²) < 4.78 is 5.29. The van der Waals surface area contributed by atoms with E-state index in [0.29, 0.717) is 6.04 Å². The van der Waals surface area contributed by atoms with Crippen LogP contribution in [-0.2, 0) is 0 Å². The van der Waals surface area contributed by atoms with Crippen molar-refractivity contribution in [1.29, 1.82) is 0 Å². The molecule has 1 unspecified atom stereocenters. The lowest BCUT2D eigenvalue weighted by atomic mass is 9.99. The largest absolute Gasteiger partial charge is 0.469 e. The summed E-state index contributed by atoms with van der Waals surface area (Å²) >= 11 is 0. The van der Waals surface area contributed by atoms with Gasteiger partial charge in [0.25, 0.3) is 0 Å². The van der Waals surface area contributed by atoms with Crippen LogP contribution in [0.5, 0.6) is 0 Å². The summed E-state index contributed by atoms with van der Waals surface area (Å²) in [6.07, 6.45) is 3.76. The molecular formula is C12H19NO. The molecule has 2 nitrogen and oxygen atoms in total. The lowest BCUT2D eigenvalue weighted by molar-refractivity contribution is 0.510. The van der Waals surface area contributed by atoms with Gasteiger partial charge >= 0.3 is 0 Å². The van der Waals surface area contributed by atoms with Gasteiger partial charge in [-0.2, -0.15) is 0 Å². The second kappa shape index (κ2) is 5.01. The molecule has 1 heterocycles. The van der Waals surface area contributed by atoms with E-state index in [0.717, 1.165) is 18.6 Å². The second-order valence-corrected chi connectivity index (χ2v) is 3.58. The topological polar surface area (TPSA) is 25.2 Å². The summed E-state index contributed by atoms with van der Waals surface area (Å²) in [6, 6.07) is 2.36. The minimum atomic E-state index is 0.334. The molecule has 0 aliphatic carbocycles. The molecule has 0 aliphatic rings. The van der Waals surface area contributed by atoms with Crippen molar-refractivity contribution in [1.82, 2.24) is 5.32 Å². The molecule has 1 rings (SSSR count). The van der Waals surface area contributed by atoms with E-state index in [-0.39, 0.29) is 0 Å². The third kappa shape index (κ3) is 2.48. The Morgan fingerprint density at radius 2 is 2.36 bits per heavy atom. The molecule has 0 amide bonds. The minimum absolute atomic E-state index is 0.334. The predicted molar refractivity (Wildman–Crippen MR) is 59.3 cm³/mol. The van der Waals surface area contributed by atoms with E-state index < -0.39 is 0 Å². The zero-order valence-electron chi connectivity index (χ0n) is 9.26. The van der Waals surface area contributed by atoms with Gasteiger partial charge in [-0.25, -0.2) is 0 Å². The monoisotopic (exact) mass is 193 g/mol. The Kier molecular flexibility index (Phi) is 3.96. The average molecular weight is 193 g/mol. The van der Waals surface area contributed by atoms with Gasteiger partial charge in [0, 0.05) is 11.6 Å². The molecule has 2 heteroatoms. The first-order chi connectivity index (χ1) is 6.69. The van der Waals surface area contributed by atoms with Crippen molar-refractivity contribution in [2.75, 3.05) is 7.05 Å². The number of nitrogens with one attached hydrogen (secondary N) is 1. The van der Waals surface area contributed by atoms with E-state index in [4.69, 9.17) is 4.42 Å². The van der Waals surface area contributed by atoms with Crippen LogP contribution in [0.2, 0.25) is 0 Å². The van der Waals surface area contributed by atoms with Crippen molar-refractivity contribution in [3.05, 3.63) is 35.8 Å². The highest BCUT2D eigenvalue weighted by molar-refractivity contribution is 5.22. The van der Waals surface area contributed by atoms with E-state index in [9.17, 15) is 0 Å². The van der Waals surface area contributed by atoms with Gasteiger partial charge in [-0.15, -0.1) is 0 Å². The fourth-order valence-electron chi connectivity index (χ4n) is 1.56. The molecule has 1 atom stereocenters. The molecule has 14 heavy (non-hydrogen) atoms. The van der Waals surface area contributed by atoms with Gasteiger partial charge in [-0.05, 0) is 32.9 Å². The van der Waals surface area contributed by atoms with Gasteiger partial charge in [-0.3, -0.25) is 0 Å². The third-order valence-corrected chi connectivity index (χ3v) is 2.62. The fourth-order valence-corrected chi connectivity index (χ4v) is 1.56. The molecule has 1 aromatic rings. The molecule has 1 aromatic heterocycles. The highest BCUT2D eigenvalue weighted by Gasteiger charge is 2.14. The Morgan fingerprint density at radius 3 is 2.79 bits per heavy atom. The van der Waals surface area contributed by atoms with Crippen LogP contribution in [0, 0.1) is 6.92 Å². The van der Waals surface area contributed by atoms with E-state index in [1.807, 2.05) is 20.0 Å². The van der Waals surface area contributed by atoms with E-state index >= 15 is 0 Å². The lowest BCUT2D eigenvalue weighted by Crippen LogP contribution is -2.17. The summed E-state index contributed by atoms with van der Waals surface area (Å²) in [5, 5.41) is 3.29. The van der Waals surface area contributed by atoms with Gasteiger partial charge < -0.3 is 9.73 Å². The average Bonchev–Trinajstić information content (AvgIpc) is 2.60. The summed E-state index contributed by atoms with van der Waals surface area (Å²) in [5.41, 5.74) is 2.51. The van der Waals surface area contributed by atoms with Gasteiger partial charge in [0.05, 0.1) is 6.26 Å². The molecule has 1 N–H and O–H groups in total. The molecular weight excluding hydrogens is 174 g/mol. The quantitative estimate of drug-likeness (QED) is 0.726. The van der Waals surface area contributed by atoms with Crippen LogP contribution < -0.4 is 5.32 Å². The lowest BCUT2D eigenvalue weighted by Gasteiger charge is -2.16. The maximum absolute atomic E-state index is 5.29. The summed E-state index contributed by atoms with van der Waals surface area (Å²) in [5.74, 6) is 0.994. The zero-order chi connectivity index (χ0) is 10.6. The molecule has 78 valence electrons. The van der Waals surface area contributed by atoms with Crippen molar-refractivity contribution in [2.45, 2.75) is 32.7 Å². The van der Waals surface area contributed by atoms with Crippen molar-refractivity contribution < 1.29 is 4.42 Å². The van der Waals surface area contributed by atoms with Crippen LogP contribution in [0.3, 0.4) is 0 Å². The smallest absolute Gasteiger partial charge is 0.105 e. The molecule has 0 aliphatic heterocycles. The van der Waals surface area contributed by atoms with Crippen LogP contribution in [0.4, 0.5) is 0 Å². The Bertz CT molecular complexity index is 301. The highest BCUT2D eigenvalue weighted by Crippen LogP contribution is 2.24. The van der Waals surface area contributed by atoms with Gasteiger partial charge in [-0.1, -0.05) is 19.1 Å².